The topological polar surface area (TPSA) is 91.3 Å². The van der Waals surface area contributed by atoms with E-state index in [4.69, 9.17) is 24.1 Å². The lowest BCUT2D eigenvalue weighted by atomic mass is 9.87. The van der Waals surface area contributed by atoms with E-state index in [9.17, 15) is 9.59 Å². The van der Waals surface area contributed by atoms with E-state index < -0.39 is 18.5 Å². The van der Waals surface area contributed by atoms with Crippen molar-refractivity contribution >= 4 is 12.3 Å². The van der Waals surface area contributed by atoms with E-state index in [1.807, 2.05) is 12.1 Å². The van der Waals surface area contributed by atoms with Gasteiger partial charge in [0.1, 0.15) is 29.3 Å². The van der Waals surface area contributed by atoms with Gasteiger partial charge in [0.2, 0.25) is 0 Å². The molecule has 7 heteroatoms. The first kappa shape index (κ1) is 20.1. The molecule has 1 N–H and O–H groups in total. The number of aliphatic carboxylic acids is 1. The van der Waals surface area contributed by atoms with E-state index in [0.717, 1.165) is 11.8 Å². The molecule has 0 saturated heterocycles. The van der Waals surface area contributed by atoms with Crippen molar-refractivity contribution in [2.24, 2.45) is 0 Å². The molecule has 1 unspecified atom stereocenters. The quantitative estimate of drug-likeness (QED) is 0.639. The highest BCUT2D eigenvalue weighted by atomic mass is 16.5. The van der Waals surface area contributed by atoms with Gasteiger partial charge in [-0.15, -0.1) is 0 Å². The van der Waals surface area contributed by atoms with E-state index in [1.54, 1.807) is 31.4 Å². The third kappa shape index (κ3) is 4.91. The van der Waals surface area contributed by atoms with Crippen LogP contribution in [0.1, 0.15) is 23.5 Å². The van der Waals surface area contributed by atoms with Crippen molar-refractivity contribution in [2.45, 2.75) is 12.3 Å². The lowest BCUT2D eigenvalue weighted by Crippen LogP contribution is -2.13. The molecule has 1 atom stereocenters. The van der Waals surface area contributed by atoms with E-state index >= 15 is 0 Å². The van der Waals surface area contributed by atoms with Crippen molar-refractivity contribution in [3.63, 3.8) is 0 Å². The minimum absolute atomic E-state index is 0.165. The second-order valence-corrected chi connectivity index (χ2v) is 5.65. The first-order chi connectivity index (χ1) is 13.0. The SMILES string of the molecule is COc1ccc(C(CC=O)c2c(OC)cc(OC)cc2OCC(=O)O)cc1. The Hall–Kier alpha value is -3.22. The lowest BCUT2D eigenvalue weighted by Gasteiger charge is -2.23. The van der Waals surface area contributed by atoms with E-state index in [1.165, 1.54) is 14.2 Å². The van der Waals surface area contributed by atoms with E-state index in [2.05, 4.69) is 0 Å². The van der Waals surface area contributed by atoms with E-state index in [-0.39, 0.29) is 12.2 Å². The Morgan fingerprint density at radius 1 is 1.00 bits per heavy atom. The summed E-state index contributed by atoms with van der Waals surface area (Å²) in [5.41, 5.74) is 1.42. The van der Waals surface area contributed by atoms with Gasteiger partial charge in [0.05, 0.1) is 21.3 Å². The molecule has 144 valence electrons. The Kier molecular flexibility index (Phi) is 7.05. The van der Waals surface area contributed by atoms with Crippen molar-refractivity contribution in [1.29, 1.82) is 0 Å². The van der Waals surface area contributed by atoms with Gasteiger partial charge in [-0.2, -0.15) is 0 Å². The first-order valence-corrected chi connectivity index (χ1v) is 8.22. The van der Waals surface area contributed by atoms with Gasteiger partial charge >= 0.3 is 5.97 Å². The fourth-order valence-corrected chi connectivity index (χ4v) is 2.82. The molecule has 0 radical (unpaired) electrons. The molecular formula is C20H22O7. The molecule has 2 rings (SSSR count). The van der Waals surface area contributed by atoms with Gasteiger partial charge in [-0.1, -0.05) is 12.1 Å². The molecule has 0 heterocycles. The highest BCUT2D eigenvalue weighted by Gasteiger charge is 2.25. The molecule has 2 aromatic rings. The molecule has 0 aliphatic rings. The van der Waals surface area contributed by atoms with E-state index in [0.29, 0.717) is 22.8 Å². The summed E-state index contributed by atoms with van der Waals surface area (Å²) >= 11 is 0. The maximum absolute atomic E-state index is 11.4. The number of aldehydes is 1. The summed E-state index contributed by atoms with van der Waals surface area (Å²) in [5.74, 6) is 0.370. The second-order valence-electron chi connectivity index (χ2n) is 5.65. The Labute approximate surface area is 157 Å². The minimum Gasteiger partial charge on any atom is -0.497 e. The zero-order valence-corrected chi connectivity index (χ0v) is 15.4. The van der Waals surface area contributed by atoms with Gasteiger partial charge in [0, 0.05) is 30.0 Å². The van der Waals surface area contributed by atoms with Crippen LogP contribution in [0.3, 0.4) is 0 Å². The summed E-state index contributed by atoms with van der Waals surface area (Å²) < 4.78 is 21.4. The Bertz CT molecular complexity index is 784. The zero-order chi connectivity index (χ0) is 19.8. The zero-order valence-electron chi connectivity index (χ0n) is 15.4. The predicted octanol–water partition coefficient (Wildman–Crippen LogP) is 2.90. The molecule has 0 aliphatic heterocycles. The van der Waals surface area contributed by atoms with Gasteiger partial charge in [0.15, 0.2) is 6.61 Å². The van der Waals surface area contributed by atoms with Crippen LogP contribution in [0.15, 0.2) is 36.4 Å². The maximum Gasteiger partial charge on any atom is 0.341 e. The summed E-state index contributed by atoms with van der Waals surface area (Å²) in [5, 5.41) is 8.98. The lowest BCUT2D eigenvalue weighted by molar-refractivity contribution is -0.139. The number of carboxylic acid groups (broad SMARTS) is 1. The molecule has 0 amide bonds. The normalized spacial score (nSPS) is 11.4. The predicted molar refractivity (Wildman–Crippen MR) is 98.2 cm³/mol. The second kappa shape index (κ2) is 9.47. The van der Waals surface area contributed by atoms with Crippen molar-refractivity contribution in [3.8, 4) is 23.0 Å². The summed E-state index contributed by atoms with van der Waals surface area (Å²) in [4.78, 5) is 22.3. The molecule has 0 spiro atoms. The number of benzene rings is 2. The third-order valence-electron chi connectivity index (χ3n) is 4.08. The molecule has 0 aliphatic carbocycles. The number of ether oxygens (including phenoxy) is 4. The van der Waals surface area contributed by atoms with Crippen molar-refractivity contribution in [1.82, 2.24) is 0 Å². The van der Waals surface area contributed by atoms with Crippen molar-refractivity contribution in [2.75, 3.05) is 27.9 Å². The molecule has 0 bridgehead atoms. The largest absolute Gasteiger partial charge is 0.497 e. The van der Waals surface area contributed by atoms with Gasteiger partial charge < -0.3 is 28.8 Å². The number of carbonyl (C=O) groups excluding carboxylic acids is 1. The first-order valence-electron chi connectivity index (χ1n) is 8.22. The molecule has 0 saturated carbocycles. The Balaban J connectivity index is 2.60. The average molecular weight is 374 g/mol. The fraction of sp³-hybridized carbons (Fsp3) is 0.300. The van der Waals surface area contributed by atoms with Gasteiger partial charge in [0.25, 0.3) is 0 Å². The number of rotatable bonds is 10. The summed E-state index contributed by atoms with van der Waals surface area (Å²) in [7, 11) is 4.55. The van der Waals surface area contributed by atoms with Crippen LogP contribution in [0.25, 0.3) is 0 Å². The highest BCUT2D eigenvalue weighted by molar-refractivity contribution is 5.69. The molecule has 0 aromatic heterocycles. The van der Waals surface area contributed by atoms with Crippen molar-refractivity contribution < 1.29 is 33.6 Å². The fourth-order valence-electron chi connectivity index (χ4n) is 2.82. The Morgan fingerprint density at radius 3 is 2.15 bits per heavy atom. The number of hydrogen-bond donors (Lipinski definition) is 1. The minimum atomic E-state index is -1.11. The van der Waals surface area contributed by atoms with Crippen LogP contribution >= 0.6 is 0 Å². The maximum atomic E-state index is 11.4. The summed E-state index contributed by atoms with van der Waals surface area (Å²) in [6.45, 7) is -0.528. The monoisotopic (exact) mass is 374 g/mol. The third-order valence-corrected chi connectivity index (χ3v) is 4.08. The van der Waals surface area contributed by atoms with Crippen LogP contribution in [-0.2, 0) is 9.59 Å². The summed E-state index contributed by atoms with van der Waals surface area (Å²) in [6, 6.07) is 10.5. The number of methoxy groups -OCH3 is 3. The average Bonchev–Trinajstić information content (AvgIpc) is 2.70. The highest BCUT2D eigenvalue weighted by Crippen LogP contribution is 2.43. The molecule has 7 nitrogen and oxygen atoms in total. The molecule has 2 aromatic carbocycles. The summed E-state index contributed by atoms with van der Waals surface area (Å²) in [6.07, 6.45) is 0.970. The van der Waals surface area contributed by atoms with Crippen LogP contribution in [0.4, 0.5) is 0 Å². The molecule has 0 fully saturated rings. The van der Waals surface area contributed by atoms with Crippen LogP contribution in [0, 0.1) is 0 Å². The number of hydrogen-bond acceptors (Lipinski definition) is 6. The molecular weight excluding hydrogens is 352 g/mol. The van der Waals surface area contributed by atoms with Crippen LogP contribution < -0.4 is 18.9 Å². The number of carboxylic acids is 1. The van der Waals surface area contributed by atoms with Crippen LogP contribution in [0.5, 0.6) is 23.0 Å². The van der Waals surface area contributed by atoms with Gasteiger partial charge in [-0.05, 0) is 17.7 Å². The van der Waals surface area contributed by atoms with Crippen LogP contribution in [-0.4, -0.2) is 45.3 Å². The van der Waals surface area contributed by atoms with Gasteiger partial charge in [-0.3, -0.25) is 0 Å². The molecule has 27 heavy (non-hydrogen) atoms. The standard InChI is InChI=1S/C20H22O7/c1-24-14-6-4-13(5-7-14)16(8-9-21)20-17(26-3)10-15(25-2)11-18(20)27-12-19(22)23/h4-7,9-11,16H,8,12H2,1-3H3,(H,22,23). The smallest absolute Gasteiger partial charge is 0.341 e. The van der Waals surface area contributed by atoms with Crippen LogP contribution in [0.2, 0.25) is 0 Å². The van der Waals surface area contributed by atoms with Gasteiger partial charge in [-0.25, -0.2) is 4.79 Å². The number of carbonyl (C=O) groups is 2. The Morgan fingerprint density at radius 2 is 1.63 bits per heavy atom. The van der Waals surface area contributed by atoms with Crippen molar-refractivity contribution in [3.05, 3.63) is 47.5 Å².